The molecule has 0 spiro atoms. The van der Waals surface area contributed by atoms with Crippen molar-refractivity contribution in [3.8, 4) is 28.6 Å². The number of carbonyl (C=O) groups is 4. The van der Waals surface area contributed by atoms with Gasteiger partial charge in [-0.3, -0.25) is 19.3 Å². The number of allylic oxidation sites excluding steroid dienone is 1. The van der Waals surface area contributed by atoms with Gasteiger partial charge in [0.25, 0.3) is 11.7 Å². The fraction of sp³-hybridized carbons (Fsp3) is 0.242. The topological polar surface area (TPSA) is 211 Å². The number of hydrogen-bond donors (Lipinski definition) is 5. The van der Waals surface area contributed by atoms with E-state index in [1.54, 1.807) is 54.3 Å². The van der Waals surface area contributed by atoms with Gasteiger partial charge in [-0.1, -0.05) is 23.9 Å². The summed E-state index contributed by atoms with van der Waals surface area (Å²) in [6.45, 7) is 2.57. The molecule has 0 saturated carbocycles. The van der Waals surface area contributed by atoms with E-state index in [4.69, 9.17) is 0 Å². The lowest BCUT2D eigenvalue weighted by atomic mass is 10.0. The van der Waals surface area contributed by atoms with E-state index in [0.29, 0.717) is 46.9 Å². The van der Waals surface area contributed by atoms with Crippen LogP contribution in [0.25, 0.3) is 17.2 Å². The van der Waals surface area contributed by atoms with Crippen LogP contribution in [0.5, 0.6) is 17.2 Å². The molecule has 2 atom stereocenters. The first-order chi connectivity index (χ1) is 24.0. The standard InChI is InChI=1S/C33H29N7O8S2/c1-16-10-25(40-33(34-16)36-28(37-40)18-4-7-22(42)23(43)12-18)49-15-24(44)35-26-30(46)39-27(32(47)48)20(14-50-31(26)39)11-19-8-9-38(29(19)45)13-17-2-5-21(41)6-3-17/h2-7,10-12,26,31,41-43H,8-9,13-15H2,1H3,(H,35,44)(H,47,48)/t26-,31-/m1/s1. The Hall–Kier alpha value is -5.55. The number of aromatic hydroxyl groups is 3. The molecular formula is C33H29N7O8S2. The Balaban J connectivity index is 1.01. The SMILES string of the molecule is Cc1cc(SCC(=O)N[C@@H]2C(=O)N3C(C(=O)O)=C(C=C4CCN(Cc5ccc(O)cc5)C4=O)CS[C@H]23)n2nc(-c3ccc(O)c(O)c3)nc2n1. The van der Waals surface area contributed by atoms with Crippen LogP contribution in [0, 0.1) is 6.92 Å². The molecule has 3 aliphatic heterocycles. The van der Waals surface area contributed by atoms with E-state index >= 15 is 0 Å². The van der Waals surface area contributed by atoms with Gasteiger partial charge in [0.05, 0.1) is 5.75 Å². The minimum atomic E-state index is -1.30. The lowest BCUT2D eigenvalue weighted by Gasteiger charge is -2.49. The third-order valence-corrected chi connectivity index (χ3v) is 10.7. The van der Waals surface area contributed by atoms with Crippen LogP contribution in [0.2, 0.25) is 0 Å². The minimum absolute atomic E-state index is 0.0867. The van der Waals surface area contributed by atoms with Crippen LogP contribution >= 0.6 is 23.5 Å². The van der Waals surface area contributed by atoms with Crippen molar-refractivity contribution >= 4 is 53.0 Å². The molecule has 0 bridgehead atoms. The Morgan fingerprint density at radius 2 is 1.84 bits per heavy atom. The molecule has 15 nitrogen and oxygen atoms in total. The molecule has 5 heterocycles. The molecule has 0 radical (unpaired) electrons. The second-order valence-corrected chi connectivity index (χ2v) is 13.9. The van der Waals surface area contributed by atoms with Crippen LogP contribution in [0.4, 0.5) is 0 Å². The highest BCUT2D eigenvalue weighted by Gasteiger charge is 2.54. The number of likely N-dealkylation sites (tertiary alicyclic amines) is 1. The monoisotopic (exact) mass is 715 g/mol. The number of aliphatic carboxylic acids is 1. The maximum absolute atomic E-state index is 13.3. The molecule has 2 aromatic heterocycles. The van der Waals surface area contributed by atoms with Crippen molar-refractivity contribution in [2.24, 2.45) is 0 Å². The van der Waals surface area contributed by atoms with Gasteiger partial charge in [-0.15, -0.1) is 16.9 Å². The lowest BCUT2D eigenvalue weighted by molar-refractivity contribution is -0.150. The number of amides is 3. The molecule has 0 unspecified atom stereocenters. The Kier molecular flexibility index (Phi) is 8.61. The maximum Gasteiger partial charge on any atom is 0.352 e. The number of phenolic OH excluding ortho intramolecular Hbond substituents is 3. The normalized spacial score (nSPS) is 19.7. The van der Waals surface area contributed by atoms with Gasteiger partial charge in [-0.2, -0.15) is 9.50 Å². The summed E-state index contributed by atoms with van der Waals surface area (Å²) in [5, 5.41) is 46.3. The summed E-state index contributed by atoms with van der Waals surface area (Å²) in [5.41, 5.74) is 2.53. The number of carboxylic acid groups (broad SMARTS) is 1. The van der Waals surface area contributed by atoms with Gasteiger partial charge in [0, 0.05) is 35.7 Å². The number of nitrogens with one attached hydrogen (secondary N) is 1. The first-order valence-corrected chi connectivity index (χ1v) is 17.4. The molecule has 3 aliphatic rings. The zero-order valence-electron chi connectivity index (χ0n) is 26.3. The first kappa shape index (κ1) is 33.0. The highest BCUT2D eigenvalue weighted by atomic mass is 32.2. The first-order valence-electron chi connectivity index (χ1n) is 15.3. The average molecular weight is 716 g/mol. The van der Waals surface area contributed by atoms with Crippen LogP contribution in [0.3, 0.4) is 0 Å². The van der Waals surface area contributed by atoms with Gasteiger partial charge >= 0.3 is 5.97 Å². The number of benzene rings is 2. The third kappa shape index (κ3) is 6.20. The van der Waals surface area contributed by atoms with Crippen molar-refractivity contribution in [2.45, 2.75) is 36.3 Å². The number of thioether (sulfide) groups is 2. The summed E-state index contributed by atoms with van der Waals surface area (Å²) in [7, 11) is 0. The van der Waals surface area contributed by atoms with E-state index in [1.807, 2.05) is 0 Å². The van der Waals surface area contributed by atoms with Crippen LogP contribution in [-0.2, 0) is 25.7 Å². The quantitative estimate of drug-likeness (QED) is 0.0555. The van der Waals surface area contributed by atoms with Gasteiger partial charge < -0.3 is 30.6 Å². The van der Waals surface area contributed by atoms with E-state index in [1.165, 1.54) is 33.3 Å². The number of nitrogens with zero attached hydrogens (tertiary/aromatic N) is 6. The molecule has 3 amide bonds. The number of carbonyl (C=O) groups excluding carboxylic acids is 3. The van der Waals surface area contributed by atoms with Crippen molar-refractivity contribution in [3.63, 3.8) is 0 Å². The fourth-order valence-electron chi connectivity index (χ4n) is 5.93. The van der Waals surface area contributed by atoms with Crippen molar-refractivity contribution in [2.75, 3.05) is 18.1 Å². The summed E-state index contributed by atoms with van der Waals surface area (Å²) in [6.07, 6.45) is 1.99. The van der Waals surface area contributed by atoms with Gasteiger partial charge in [0.2, 0.25) is 11.8 Å². The van der Waals surface area contributed by atoms with E-state index in [9.17, 15) is 39.6 Å². The van der Waals surface area contributed by atoms with E-state index in [0.717, 1.165) is 17.3 Å². The number of aromatic nitrogens is 4. The van der Waals surface area contributed by atoms with Gasteiger partial charge in [-0.25, -0.2) is 9.78 Å². The zero-order valence-corrected chi connectivity index (χ0v) is 27.9. The number of rotatable bonds is 9. The maximum atomic E-state index is 13.3. The highest BCUT2D eigenvalue weighted by molar-refractivity contribution is 8.00. The molecule has 2 aromatic carbocycles. The smallest absolute Gasteiger partial charge is 0.352 e. The van der Waals surface area contributed by atoms with Gasteiger partial charge in [0.15, 0.2) is 17.3 Å². The molecule has 0 aliphatic carbocycles. The Bertz CT molecular complexity index is 2150. The molecule has 50 heavy (non-hydrogen) atoms. The number of phenols is 3. The third-order valence-electron chi connectivity index (χ3n) is 8.38. The average Bonchev–Trinajstić information content (AvgIpc) is 3.67. The Labute approximate surface area is 292 Å². The summed E-state index contributed by atoms with van der Waals surface area (Å²) in [5.74, 6) is -2.33. The second-order valence-electron chi connectivity index (χ2n) is 11.8. The predicted octanol–water partition coefficient (Wildman–Crippen LogP) is 2.41. The molecule has 4 aromatic rings. The second kappa shape index (κ2) is 13.1. The number of β-lactam (4-membered cyclic amide) rings is 1. The van der Waals surface area contributed by atoms with E-state index in [2.05, 4.69) is 20.4 Å². The lowest BCUT2D eigenvalue weighted by Crippen LogP contribution is -2.70. The van der Waals surface area contributed by atoms with Crippen molar-refractivity contribution in [1.82, 2.24) is 34.7 Å². The van der Waals surface area contributed by atoms with Crippen LogP contribution in [0.1, 0.15) is 17.7 Å². The highest BCUT2D eigenvalue weighted by Crippen LogP contribution is 2.41. The van der Waals surface area contributed by atoms with Crippen molar-refractivity contribution < 1.29 is 39.6 Å². The number of carboxylic acids is 1. The summed E-state index contributed by atoms with van der Waals surface area (Å²) in [4.78, 5) is 63.5. The van der Waals surface area contributed by atoms with Crippen LogP contribution in [-0.4, -0.2) is 103 Å². The number of hydrogen-bond acceptors (Lipinski definition) is 12. The van der Waals surface area contributed by atoms with Gasteiger partial charge in [-0.05, 0) is 67.0 Å². The molecule has 5 N–H and O–H groups in total. The summed E-state index contributed by atoms with van der Waals surface area (Å²) in [6, 6.07) is 11.6. The zero-order chi connectivity index (χ0) is 35.3. The summed E-state index contributed by atoms with van der Waals surface area (Å²) < 4.78 is 1.46. The van der Waals surface area contributed by atoms with Gasteiger partial charge in [0.1, 0.15) is 27.9 Å². The molecule has 7 rings (SSSR count). The Morgan fingerprint density at radius 1 is 1.06 bits per heavy atom. The predicted molar refractivity (Wildman–Crippen MR) is 181 cm³/mol. The number of fused-ring (bicyclic) bond motifs is 2. The number of aryl methyl sites for hydroxylation is 1. The van der Waals surface area contributed by atoms with Crippen molar-refractivity contribution in [3.05, 3.63) is 82.7 Å². The minimum Gasteiger partial charge on any atom is -0.508 e. The van der Waals surface area contributed by atoms with Crippen molar-refractivity contribution in [1.29, 1.82) is 0 Å². The molecule has 2 saturated heterocycles. The fourth-order valence-corrected chi connectivity index (χ4v) is 8.10. The summed E-state index contributed by atoms with van der Waals surface area (Å²) >= 11 is 2.46. The molecule has 256 valence electrons. The molecule has 17 heteroatoms. The molecular weight excluding hydrogens is 687 g/mol. The van der Waals surface area contributed by atoms with E-state index < -0.39 is 29.2 Å². The van der Waals surface area contributed by atoms with Crippen LogP contribution < -0.4 is 5.32 Å². The largest absolute Gasteiger partial charge is 0.508 e. The van der Waals surface area contributed by atoms with Crippen LogP contribution in [0.15, 0.2) is 76.5 Å². The Morgan fingerprint density at radius 3 is 2.58 bits per heavy atom. The van der Waals surface area contributed by atoms with E-state index in [-0.39, 0.29) is 52.0 Å². The molecule has 2 fully saturated rings.